The standard InChI is InChI=1S/C14H19N3O3.ClH/c1-8(2)14(3)13(19)16-11(17-14)10-9(12(18)20-4)6-5-7-15-10;/h5-8,11,17H,1-4H3,(H,16,19);1H/t11-,14+;/m1./s1. The van der Waals surface area contributed by atoms with Gasteiger partial charge in [-0.1, -0.05) is 13.8 Å². The first-order chi connectivity index (χ1) is 9.40. The third-order valence-corrected chi connectivity index (χ3v) is 3.86. The number of amides is 1. The van der Waals surface area contributed by atoms with E-state index in [-0.39, 0.29) is 24.2 Å². The smallest absolute Gasteiger partial charge is 0.339 e. The first kappa shape index (κ1) is 17.4. The van der Waals surface area contributed by atoms with Gasteiger partial charge >= 0.3 is 5.97 Å². The van der Waals surface area contributed by atoms with E-state index in [2.05, 4.69) is 15.6 Å². The van der Waals surface area contributed by atoms with E-state index in [1.54, 1.807) is 18.3 Å². The number of carbonyl (C=O) groups excluding carboxylic acids is 2. The van der Waals surface area contributed by atoms with Crippen LogP contribution in [0.4, 0.5) is 0 Å². The number of aromatic nitrogens is 1. The van der Waals surface area contributed by atoms with Crippen LogP contribution in [0.1, 0.15) is 43.0 Å². The van der Waals surface area contributed by atoms with E-state index < -0.39 is 17.7 Å². The van der Waals surface area contributed by atoms with Crippen LogP contribution in [0.25, 0.3) is 0 Å². The average molecular weight is 314 g/mol. The van der Waals surface area contributed by atoms with Crippen molar-refractivity contribution in [1.82, 2.24) is 15.6 Å². The fraction of sp³-hybridized carbons (Fsp3) is 0.500. The number of esters is 1. The van der Waals surface area contributed by atoms with Gasteiger partial charge in [0.05, 0.1) is 23.9 Å². The zero-order valence-corrected chi connectivity index (χ0v) is 13.3. The van der Waals surface area contributed by atoms with Gasteiger partial charge in [0.25, 0.3) is 0 Å². The predicted octanol–water partition coefficient (Wildman–Crippen LogP) is 1.42. The van der Waals surface area contributed by atoms with Crippen LogP contribution in [0.2, 0.25) is 0 Å². The summed E-state index contributed by atoms with van der Waals surface area (Å²) in [5, 5.41) is 6.06. The molecule has 0 unspecified atom stereocenters. The molecule has 0 aromatic carbocycles. The summed E-state index contributed by atoms with van der Waals surface area (Å²) >= 11 is 0. The Hall–Kier alpha value is -1.66. The first-order valence-corrected chi connectivity index (χ1v) is 6.52. The van der Waals surface area contributed by atoms with E-state index in [0.717, 1.165) is 0 Å². The van der Waals surface area contributed by atoms with E-state index >= 15 is 0 Å². The third-order valence-electron chi connectivity index (χ3n) is 3.86. The van der Waals surface area contributed by atoms with Crippen LogP contribution in [0.3, 0.4) is 0 Å². The average Bonchev–Trinajstić information content (AvgIpc) is 2.75. The highest BCUT2D eigenvalue weighted by molar-refractivity contribution is 5.92. The highest BCUT2D eigenvalue weighted by Gasteiger charge is 2.46. The molecule has 1 aliphatic heterocycles. The molecule has 6 nitrogen and oxygen atoms in total. The van der Waals surface area contributed by atoms with Gasteiger partial charge in [-0.05, 0) is 25.0 Å². The van der Waals surface area contributed by atoms with Gasteiger partial charge in [0.1, 0.15) is 6.17 Å². The van der Waals surface area contributed by atoms with Gasteiger partial charge in [-0.2, -0.15) is 0 Å². The maximum Gasteiger partial charge on any atom is 0.339 e. The fourth-order valence-corrected chi connectivity index (χ4v) is 2.18. The lowest BCUT2D eigenvalue weighted by Crippen LogP contribution is -2.48. The Labute approximate surface area is 130 Å². The quantitative estimate of drug-likeness (QED) is 0.825. The summed E-state index contributed by atoms with van der Waals surface area (Å²) in [7, 11) is 1.32. The van der Waals surface area contributed by atoms with Crippen LogP contribution in [0.5, 0.6) is 0 Å². The van der Waals surface area contributed by atoms with Gasteiger partial charge < -0.3 is 10.1 Å². The van der Waals surface area contributed by atoms with Gasteiger partial charge in [0, 0.05) is 6.20 Å². The third kappa shape index (κ3) is 3.01. The van der Waals surface area contributed by atoms with Gasteiger partial charge in [-0.15, -0.1) is 12.4 Å². The molecule has 2 atom stereocenters. The van der Waals surface area contributed by atoms with Crippen LogP contribution >= 0.6 is 12.4 Å². The van der Waals surface area contributed by atoms with Crippen molar-refractivity contribution in [1.29, 1.82) is 0 Å². The Morgan fingerprint density at radius 1 is 1.48 bits per heavy atom. The number of carbonyl (C=O) groups is 2. The number of hydrogen-bond donors (Lipinski definition) is 2. The normalized spacial score (nSPS) is 24.4. The number of nitrogens with one attached hydrogen (secondary N) is 2. The minimum atomic E-state index is -0.685. The Kier molecular flexibility index (Phi) is 5.31. The van der Waals surface area contributed by atoms with Gasteiger partial charge in [0.2, 0.25) is 5.91 Å². The molecule has 1 aromatic heterocycles. The van der Waals surface area contributed by atoms with Crippen molar-refractivity contribution in [2.45, 2.75) is 32.5 Å². The summed E-state index contributed by atoms with van der Waals surface area (Å²) in [6, 6.07) is 3.29. The molecule has 7 heteroatoms. The van der Waals surface area contributed by atoms with Crippen molar-refractivity contribution in [3.8, 4) is 0 Å². The Balaban J connectivity index is 0.00000220. The van der Waals surface area contributed by atoms with Gasteiger partial charge in [-0.3, -0.25) is 15.1 Å². The number of nitrogens with zero attached hydrogens (tertiary/aromatic N) is 1. The molecule has 0 radical (unpaired) electrons. The molecule has 1 aromatic rings. The number of ether oxygens (including phenoxy) is 1. The molecule has 1 fully saturated rings. The highest BCUT2D eigenvalue weighted by Crippen LogP contribution is 2.28. The van der Waals surface area contributed by atoms with Crippen molar-refractivity contribution in [2.24, 2.45) is 5.92 Å². The van der Waals surface area contributed by atoms with Crippen LogP contribution in [0.15, 0.2) is 18.3 Å². The minimum Gasteiger partial charge on any atom is -0.465 e. The zero-order valence-electron chi connectivity index (χ0n) is 12.5. The largest absolute Gasteiger partial charge is 0.465 e. The van der Waals surface area contributed by atoms with Gasteiger partial charge in [-0.25, -0.2) is 4.79 Å². The molecule has 0 aliphatic carbocycles. The van der Waals surface area contributed by atoms with Crippen molar-refractivity contribution >= 4 is 24.3 Å². The molecule has 21 heavy (non-hydrogen) atoms. The van der Waals surface area contributed by atoms with E-state index in [9.17, 15) is 9.59 Å². The van der Waals surface area contributed by atoms with Crippen LogP contribution in [-0.4, -0.2) is 29.5 Å². The van der Waals surface area contributed by atoms with E-state index in [1.807, 2.05) is 20.8 Å². The molecule has 1 aliphatic rings. The van der Waals surface area contributed by atoms with Crippen LogP contribution < -0.4 is 10.6 Å². The lowest BCUT2D eigenvalue weighted by Gasteiger charge is -2.26. The summed E-state index contributed by atoms with van der Waals surface area (Å²) in [5.41, 5.74) is 0.133. The molecular weight excluding hydrogens is 294 g/mol. The van der Waals surface area contributed by atoms with E-state index in [0.29, 0.717) is 11.3 Å². The first-order valence-electron chi connectivity index (χ1n) is 6.52. The predicted molar refractivity (Wildman–Crippen MR) is 80.1 cm³/mol. The second-order valence-electron chi connectivity index (χ2n) is 5.34. The summed E-state index contributed by atoms with van der Waals surface area (Å²) in [6.07, 6.45) is 1.09. The summed E-state index contributed by atoms with van der Waals surface area (Å²) in [4.78, 5) is 28.1. The Morgan fingerprint density at radius 3 is 2.67 bits per heavy atom. The Bertz CT molecular complexity index is 550. The topological polar surface area (TPSA) is 80.3 Å². The van der Waals surface area contributed by atoms with Gasteiger partial charge in [0.15, 0.2) is 0 Å². The molecule has 0 spiro atoms. The molecule has 2 heterocycles. The summed E-state index contributed by atoms with van der Waals surface area (Å²) < 4.78 is 4.74. The Morgan fingerprint density at radius 2 is 2.14 bits per heavy atom. The van der Waals surface area contributed by atoms with Crippen molar-refractivity contribution in [3.05, 3.63) is 29.6 Å². The maximum absolute atomic E-state index is 12.2. The van der Waals surface area contributed by atoms with Crippen molar-refractivity contribution < 1.29 is 14.3 Å². The lowest BCUT2D eigenvalue weighted by atomic mass is 9.89. The van der Waals surface area contributed by atoms with Crippen LogP contribution in [-0.2, 0) is 9.53 Å². The van der Waals surface area contributed by atoms with Crippen molar-refractivity contribution in [3.63, 3.8) is 0 Å². The highest BCUT2D eigenvalue weighted by atomic mass is 35.5. The number of methoxy groups -OCH3 is 1. The summed E-state index contributed by atoms with van der Waals surface area (Å²) in [6.45, 7) is 5.77. The van der Waals surface area contributed by atoms with E-state index in [4.69, 9.17) is 4.74 Å². The fourth-order valence-electron chi connectivity index (χ4n) is 2.18. The molecule has 0 bridgehead atoms. The summed E-state index contributed by atoms with van der Waals surface area (Å²) in [5.74, 6) is -0.459. The second-order valence-corrected chi connectivity index (χ2v) is 5.34. The SMILES string of the molecule is COC(=O)c1cccnc1[C@@H]1NC(=O)[C@](C)(C(C)C)N1.Cl. The second kappa shape index (κ2) is 6.41. The monoisotopic (exact) mass is 313 g/mol. The number of pyridine rings is 1. The number of halogens is 1. The van der Waals surface area contributed by atoms with Crippen LogP contribution in [0, 0.1) is 5.92 Å². The number of rotatable bonds is 3. The molecule has 2 N–H and O–H groups in total. The lowest BCUT2D eigenvalue weighted by molar-refractivity contribution is -0.125. The molecule has 1 amide bonds. The molecular formula is C14H20ClN3O3. The molecule has 0 saturated carbocycles. The van der Waals surface area contributed by atoms with E-state index in [1.165, 1.54) is 7.11 Å². The zero-order chi connectivity index (χ0) is 14.9. The maximum atomic E-state index is 12.2. The molecule has 1 saturated heterocycles. The molecule has 116 valence electrons. The van der Waals surface area contributed by atoms with Crippen molar-refractivity contribution in [2.75, 3.05) is 7.11 Å². The minimum absolute atomic E-state index is 0. The molecule has 2 rings (SSSR count). The number of hydrogen-bond acceptors (Lipinski definition) is 5.